The normalized spacial score (nSPS) is 14.4. The van der Waals surface area contributed by atoms with Gasteiger partial charge in [-0.15, -0.1) is 0 Å². The van der Waals surface area contributed by atoms with Gasteiger partial charge >= 0.3 is 0 Å². The zero-order chi connectivity index (χ0) is 37.8. The molecule has 2 heteroatoms. The van der Waals surface area contributed by atoms with E-state index < -0.39 is 0 Å². The Morgan fingerprint density at radius 3 is 1.45 bits per heavy atom. The highest BCUT2D eigenvalue weighted by Gasteiger charge is 2.49. The van der Waals surface area contributed by atoms with Crippen LogP contribution in [0.2, 0.25) is 0 Å². The molecule has 9 aromatic rings. The van der Waals surface area contributed by atoms with E-state index in [1.165, 1.54) is 88.8 Å². The molecule has 0 fully saturated rings. The van der Waals surface area contributed by atoms with Crippen molar-refractivity contribution in [1.82, 2.24) is 4.57 Å². The van der Waals surface area contributed by atoms with Gasteiger partial charge in [-0.1, -0.05) is 161 Å². The molecule has 0 atom stereocenters. The van der Waals surface area contributed by atoms with E-state index >= 15 is 0 Å². The van der Waals surface area contributed by atoms with Crippen LogP contribution in [-0.2, 0) is 10.8 Å². The van der Waals surface area contributed by atoms with Crippen molar-refractivity contribution in [2.45, 2.75) is 38.5 Å². The molecule has 0 N–H and O–H groups in total. The molecule has 1 aromatic heterocycles. The van der Waals surface area contributed by atoms with Gasteiger partial charge in [-0.25, -0.2) is 0 Å². The van der Waals surface area contributed by atoms with Gasteiger partial charge in [-0.3, -0.25) is 0 Å². The van der Waals surface area contributed by atoms with Gasteiger partial charge in [0.2, 0.25) is 0 Å². The van der Waals surface area contributed by atoms with Gasteiger partial charge in [0.1, 0.15) is 0 Å². The minimum Gasteiger partial charge on any atom is -0.310 e. The first-order chi connectivity index (χ1) is 27.4. The van der Waals surface area contributed by atoms with Gasteiger partial charge in [0.15, 0.2) is 0 Å². The Kier molecular flexibility index (Phi) is 6.98. The molecule has 0 aliphatic heterocycles. The molecular weight excluding hydrogens is 677 g/mol. The Morgan fingerprint density at radius 2 is 0.875 bits per heavy atom. The summed E-state index contributed by atoms with van der Waals surface area (Å²) in [6.07, 6.45) is 0. The van der Waals surface area contributed by atoms with Crippen LogP contribution in [0.25, 0.3) is 60.9 Å². The molecule has 0 unspecified atom stereocenters. The van der Waals surface area contributed by atoms with Crippen molar-refractivity contribution in [2.75, 3.05) is 4.90 Å². The van der Waals surface area contributed by atoms with Gasteiger partial charge in [0, 0.05) is 38.7 Å². The van der Waals surface area contributed by atoms with Gasteiger partial charge < -0.3 is 9.47 Å². The van der Waals surface area contributed by atoms with Crippen LogP contribution in [0.15, 0.2) is 182 Å². The molecule has 8 aromatic carbocycles. The molecule has 11 rings (SSSR count). The van der Waals surface area contributed by atoms with Crippen LogP contribution >= 0.6 is 0 Å². The minimum atomic E-state index is -0.291. The largest absolute Gasteiger partial charge is 0.310 e. The van der Waals surface area contributed by atoms with E-state index in [1.54, 1.807) is 0 Å². The number of benzene rings is 8. The Hall–Kier alpha value is -6.64. The number of rotatable bonds is 5. The summed E-state index contributed by atoms with van der Waals surface area (Å²) in [4.78, 5) is 2.55. The molecule has 0 bridgehead atoms. The van der Waals surface area contributed by atoms with E-state index in [4.69, 9.17) is 0 Å². The standard InChI is InChI=1S/C54H42N2/c1-53(2)43-29-17-14-27-41(43)48-47(35-32-33-40-39-26-16-19-31-45(39)56(46(40)34-35)38-24-12-7-13-25-38)49-42-28-15-18-30-44(42)54(3,4)51(49)52(50(48)53)55(36-20-8-5-9-21-36)37-22-10-6-11-23-37/h5-34H,1-4H3. The van der Waals surface area contributed by atoms with Gasteiger partial charge in [0.25, 0.3) is 0 Å². The fourth-order valence-electron chi connectivity index (χ4n) is 10.3. The second-order valence-corrected chi connectivity index (χ2v) is 16.5. The second-order valence-electron chi connectivity index (χ2n) is 16.5. The third kappa shape index (κ3) is 4.44. The highest BCUT2D eigenvalue weighted by molar-refractivity contribution is 6.13. The van der Waals surface area contributed by atoms with Crippen molar-refractivity contribution in [2.24, 2.45) is 0 Å². The first-order valence-electron chi connectivity index (χ1n) is 19.8. The summed E-state index contributed by atoms with van der Waals surface area (Å²) in [5.41, 5.74) is 20.0. The Labute approximate surface area is 328 Å². The maximum atomic E-state index is 2.55. The fraction of sp³-hybridized carbons (Fsp3) is 0.111. The predicted molar refractivity (Wildman–Crippen MR) is 236 cm³/mol. The molecule has 0 saturated heterocycles. The zero-order valence-corrected chi connectivity index (χ0v) is 32.2. The summed E-state index contributed by atoms with van der Waals surface area (Å²) in [7, 11) is 0. The molecule has 1 heterocycles. The Morgan fingerprint density at radius 1 is 0.411 bits per heavy atom. The first kappa shape index (κ1) is 32.8. The van der Waals surface area contributed by atoms with E-state index in [2.05, 4.69) is 219 Å². The van der Waals surface area contributed by atoms with Crippen LogP contribution in [0.4, 0.5) is 17.1 Å². The molecule has 0 saturated carbocycles. The van der Waals surface area contributed by atoms with Crippen molar-refractivity contribution in [3.05, 3.63) is 204 Å². The average Bonchev–Trinajstić information content (AvgIpc) is 3.79. The monoisotopic (exact) mass is 718 g/mol. The molecule has 2 aliphatic carbocycles. The molecule has 0 spiro atoms. The number of anilines is 3. The molecule has 2 aliphatic rings. The topological polar surface area (TPSA) is 8.17 Å². The highest BCUT2D eigenvalue weighted by atomic mass is 15.2. The highest BCUT2D eigenvalue weighted by Crippen LogP contribution is 2.66. The summed E-state index contributed by atoms with van der Waals surface area (Å²) >= 11 is 0. The lowest BCUT2D eigenvalue weighted by molar-refractivity contribution is 0.640. The van der Waals surface area contributed by atoms with Crippen molar-refractivity contribution < 1.29 is 0 Å². The van der Waals surface area contributed by atoms with E-state index in [0.29, 0.717) is 0 Å². The average molecular weight is 719 g/mol. The maximum Gasteiger partial charge on any atom is 0.0556 e. The SMILES string of the molecule is CC1(C)c2ccccc2-c2c(-c3ccc4c5ccccc5n(-c5ccccc5)c4c3)c3c(c(N(c4ccccc4)c4ccccc4)c21)C(C)(C)c1ccccc1-3. The quantitative estimate of drug-likeness (QED) is 0.172. The molecule has 0 amide bonds. The van der Waals surface area contributed by atoms with Crippen molar-refractivity contribution in [3.8, 4) is 39.1 Å². The number of nitrogens with zero attached hydrogens (tertiary/aromatic N) is 2. The number of aromatic nitrogens is 1. The van der Waals surface area contributed by atoms with Crippen LogP contribution in [0, 0.1) is 0 Å². The maximum absolute atomic E-state index is 2.55. The van der Waals surface area contributed by atoms with E-state index in [1.807, 2.05) is 0 Å². The van der Waals surface area contributed by atoms with Crippen LogP contribution < -0.4 is 4.90 Å². The van der Waals surface area contributed by atoms with Crippen molar-refractivity contribution in [3.63, 3.8) is 0 Å². The van der Waals surface area contributed by atoms with Crippen LogP contribution in [0.1, 0.15) is 49.9 Å². The number of fused-ring (bicyclic) bond motifs is 9. The van der Waals surface area contributed by atoms with Gasteiger partial charge in [-0.05, 0) is 104 Å². The first-order valence-corrected chi connectivity index (χ1v) is 19.8. The Bertz CT molecular complexity index is 2880. The van der Waals surface area contributed by atoms with Crippen LogP contribution in [-0.4, -0.2) is 4.57 Å². The zero-order valence-electron chi connectivity index (χ0n) is 32.2. The summed E-state index contributed by atoms with van der Waals surface area (Å²) in [6.45, 7) is 9.77. The molecule has 268 valence electrons. The fourth-order valence-corrected chi connectivity index (χ4v) is 10.3. The minimum absolute atomic E-state index is 0.291. The van der Waals surface area contributed by atoms with Crippen LogP contribution in [0.5, 0.6) is 0 Å². The lowest BCUT2D eigenvalue weighted by Gasteiger charge is -2.38. The molecular formula is C54H42N2. The number of para-hydroxylation sites is 4. The lowest BCUT2D eigenvalue weighted by atomic mass is 9.73. The number of hydrogen-bond acceptors (Lipinski definition) is 1. The van der Waals surface area contributed by atoms with Gasteiger partial charge in [0.05, 0.1) is 16.7 Å². The van der Waals surface area contributed by atoms with Gasteiger partial charge in [-0.2, -0.15) is 0 Å². The lowest BCUT2D eigenvalue weighted by Crippen LogP contribution is -2.26. The van der Waals surface area contributed by atoms with Crippen LogP contribution in [0.3, 0.4) is 0 Å². The summed E-state index contributed by atoms with van der Waals surface area (Å²) < 4.78 is 2.45. The third-order valence-corrected chi connectivity index (χ3v) is 12.7. The summed E-state index contributed by atoms with van der Waals surface area (Å²) in [5.74, 6) is 0. The molecule has 0 radical (unpaired) electrons. The van der Waals surface area contributed by atoms with Crippen molar-refractivity contribution >= 4 is 38.9 Å². The smallest absolute Gasteiger partial charge is 0.0556 e. The molecule has 56 heavy (non-hydrogen) atoms. The second kappa shape index (κ2) is 11.9. The Balaban J connectivity index is 1.35. The third-order valence-electron chi connectivity index (χ3n) is 12.7. The van der Waals surface area contributed by atoms with E-state index in [-0.39, 0.29) is 10.8 Å². The van der Waals surface area contributed by atoms with E-state index in [0.717, 1.165) is 11.4 Å². The molecule has 2 nitrogen and oxygen atoms in total. The number of hydrogen-bond donors (Lipinski definition) is 0. The predicted octanol–water partition coefficient (Wildman–Crippen LogP) is 14.5. The summed E-state index contributed by atoms with van der Waals surface area (Å²) in [6, 6.07) is 67.2. The summed E-state index contributed by atoms with van der Waals surface area (Å²) in [5, 5.41) is 2.53. The van der Waals surface area contributed by atoms with Crippen molar-refractivity contribution in [1.29, 1.82) is 0 Å². The van der Waals surface area contributed by atoms with E-state index in [9.17, 15) is 0 Å².